The number of amides is 1. The zero-order valence-corrected chi connectivity index (χ0v) is 13.0. The lowest BCUT2D eigenvalue weighted by atomic mass is 10.2. The number of fused-ring (bicyclic) bond motifs is 1. The predicted molar refractivity (Wildman–Crippen MR) is 90.5 cm³/mol. The standard InChI is InChI=1S/C17H19N5O/c1-18-17(23)13-6-4-9-19-16(13)20-10-5-11-22-12-21-14-7-2-3-8-15(14)22/h2-4,6-9,12H,5,10-11H2,1H3,(H,18,23)(H,19,20). The minimum atomic E-state index is -0.138. The summed E-state index contributed by atoms with van der Waals surface area (Å²) >= 11 is 0. The van der Waals surface area contributed by atoms with Crippen LogP contribution < -0.4 is 10.6 Å². The second-order valence-electron chi connectivity index (χ2n) is 5.19. The van der Waals surface area contributed by atoms with Gasteiger partial charge in [-0.1, -0.05) is 12.1 Å². The van der Waals surface area contributed by atoms with Crippen LogP contribution >= 0.6 is 0 Å². The summed E-state index contributed by atoms with van der Waals surface area (Å²) in [4.78, 5) is 20.4. The number of pyridine rings is 1. The number of hydrogen-bond acceptors (Lipinski definition) is 4. The number of aromatic nitrogens is 3. The minimum absolute atomic E-state index is 0.138. The number of carbonyl (C=O) groups excluding carboxylic acids is 1. The SMILES string of the molecule is CNC(=O)c1cccnc1NCCCn1cnc2ccccc21. The van der Waals surface area contributed by atoms with Gasteiger partial charge in [-0.25, -0.2) is 9.97 Å². The van der Waals surface area contributed by atoms with E-state index in [4.69, 9.17) is 0 Å². The summed E-state index contributed by atoms with van der Waals surface area (Å²) in [6.45, 7) is 1.59. The highest BCUT2D eigenvalue weighted by Gasteiger charge is 2.09. The molecule has 0 radical (unpaired) electrons. The van der Waals surface area contributed by atoms with Crippen LogP contribution in [0.2, 0.25) is 0 Å². The van der Waals surface area contributed by atoms with Gasteiger partial charge in [-0.2, -0.15) is 0 Å². The molecule has 0 atom stereocenters. The second kappa shape index (κ2) is 6.91. The van der Waals surface area contributed by atoms with Crippen LogP contribution in [-0.2, 0) is 6.54 Å². The number of aryl methyl sites for hydroxylation is 1. The molecular weight excluding hydrogens is 290 g/mol. The van der Waals surface area contributed by atoms with E-state index in [1.54, 1.807) is 25.4 Å². The Morgan fingerprint density at radius 2 is 2.04 bits per heavy atom. The van der Waals surface area contributed by atoms with Crippen LogP contribution in [-0.4, -0.2) is 34.0 Å². The Labute approximate surface area is 134 Å². The molecular formula is C17H19N5O. The number of para-hydroxylation sites is 2. The smallest absolute Gasteiger partial charge is 0.254 e. The average molecular weight is 309 g/mol. The molecule has 0 fully saturated rings. The van der Waals surface area contributed by atoms with Crippen LogP contribution in [0.25, 0.3) is 11.0 Å². The van der Waals surface area contributed by atoms with Gasteiger partial charge in [0.25, 0.3) is 5.91 Å². The maximum Gasteiger partial charge on any atom is 0.254 e. The lowest BCUT2D eigenvalue weighted by Gasteiger charge is -2.10. The van der Waals surface area contributed by atoms with Crippen LogP contribution in [0.3, 0.4) is 0 Å². The molecule has 23 heavy (non-hydrogen) atoms. The molecule has 2 aromatic heterocycles. The van der Waals surface area contributed by atoms with E-state index in [-0.39, 0.29) is 5.91 Å². The Bertz CT molecular complexity index is 811. The number of hydrogen-bond donors (Lipinski definition) is 2. The first-order valence-corrected chi connectivity index (χ1v) is 7.60. The zero-order chi connectivity index (χ0) is 16.1. The molecule has 3 rings (SSSR count). The maximum absolute atomic E-state index is 11.8. The summed E-state index contributed by atoms with van der Waals surface area (Å²) in [5, 5.41) is 5.86. The summed E-state index contributed by atoms with van der Waals surface area (Å²) < 4.78 is 2.13. The molecule has 6 heteroatoms. The number of nitrogens with one attached hydrogen (secondary N) is 2. The molecule has 0 spiro atoms. The van der Waals surface area contributed by atoms with Crippen molar-refractivity contribution in [2.75, 3.05) is 18.9 Å². The van der Waals surface area contributed by atoms with E-state index in [0.717, 1.165) is 30.5 Å². The summed E-state index contributed by atoms with van der Waals surface area (Å²) in [7, 11) is 1.61. The fourth-order valence-corrected chi connectivity index (χ4v) is 2.51. The van der Waals surface area contributed by atoms with Gasteiger partial charge < -0.3 is 15.2 Å². The van der Waals surface area contributed by atoms with Crippen molar-refractivity contribution < 1.29 is 4.79 Å². The van der Waals surface area contributed by atoms with Gasteiger partial charge >= 0.3 is 0 Å². The fraction of sp³-hybridized carbons (Fsp3) is 0.235. The highest BCUT2D eigenvalue weighted by atomic mass is 16.1. The van der Waals surface area contributed by atoms with Crippen LogP contribution in [0, 0.1) is 0 Å². The molecule has 0 saturated carbocycles. The molecule has 0 unspecified atom stereocenters. The van der Waals surface area contributed by atoms with Crippen LogP contribution in [0.4, 0.5) is 5.82 Å². The van der Waals surface area contributed by atoms with E-state index >= 15 is 0 Å². The van der Waals surface area contributed by atoms with Crippen molar-refractivity contribution in [3.05, 3.63) is 54.5 Å². The van der Waals surface area contributed by atoms with E-state index in [9.17, 15) is 4.79 Å². The summed E-state index contributed by atoms with van der Waals surface area (Å²) in [6.07, 6.45) is 4.45. The third kappa shape index (κ3) is 3.31. The number of rotatable bonds is 6. The van der Waals surface area contributed by atoms with Gasteiger partial charge in [-0.05, 0) is 30.7 Å². The van der Waals surface area contributed by atoms with Gasteiger partial charge in [0.15, 0.2) is 0 Å². The monoisotopic (exact) mass is 309 g/mol. The molecule has 6 nitrogen and oxygen atoms in total. The van der Waals surface area contributed by atoms with Gasteiger partial charge in [0.1, 0.15) is 5.82 Å². The lowest BCUT2D eigenvalue weighted by molar-refractivity contribution is 0.0963. The summed E-state index contributed by atoms with van der Waals surface area (Å²) in [5.41, 5.74) is 2.70. The first-order valence-electron chi connectivity index (χ1n) is 7.60. The maximum atomic E-state index is 11.8. The molecule has 1 aromatic carbocycles. The first-order chi connectivity index (χ1) is 11.3. The van der Waals surface area contributed by atoms with E-state index in [1.165, 1.54) is 0 Å². The van der Waals surface area contributed by atoms with Crippen molar-refractivity contribution in [3.63, 3.8) is 0 Å². The summed E-state index contributed by atoms with van der Waals surface area (Å²) in [6, 6.07) is 11.6. The predicted octanol–water partition coefficient (Wildman–Crippen LogP) is 2.29. The van der Waals surface area contributed by atoms with E-state index < -0.39 is 0 Å². The Morgan fingerprint density at radius 1 is 1.17 bits per heavy atom. The van der Waals surface area contributed by atoms with Crippen LogP contribution in [0.1, 0.15) is 16.8 Å². The molecule has 118 valence electrons. The third-order valence-corrected chi connectivity index (χ3v) is 3.68. The number of imidazole rings is 1. The first kappa shape index (κ1) is 15.0. The molecule has 1 amide bonds. The number of nitrogens with zero attached hydrogens (tertiary/aromatic N) is 3. The van der Waals surface area contributed by atoms with Crippen LogP contribution in [0.15, 0.2) is 48.9 Å². The van der Waals surface area contributed by atoms with E-state index in [2.05, 4.69) is 31.2 Å². The molecule has 2 N–H and O–H groups in total. The van der Waals surface area contributed by atoms with Crippen LogP contribution in [0.5, 0.6) is 0 Å². The van der Waals surface area contributed by atoms with Crippen molar-refractivity contribution in [2.24, 2.45) is 0 Å². The Morgan fingerprint density at radius 3 is 2.91 bits per heavy atom. The third-order valence-electron chi connectivity index (χ3n) is 3.68. The molecule has 3 aromatic rings. The lowest BCUT2D eigenvalue weighted by Crippen LogP contribution is -2.20. The highest BCUT2D eigenvalue weighted by molar-refractivity contribution is 5.98. The Kier molecular flexibility index (Phi) is 4.52. The van der Waals surface area contributed by atoms with Crippen molar-refractivity contribution in [2.45, 2.75) is 13.0 Å². The Balaban J connectivity index is 1.59. The number of carbonyl (C=O) groups is 1. The van der Waals surface area contributed by atoms with Gasteiger partial charge in [0, 0.05) is 26.3 Å². The van der Waals surface area contributed by atoms with E-state index in [1.807, 2.05) is 24.5 Å². The van der Waals surface area contributed by atoms with Crippen molar-refractivity contribution in [3.8, 4) is 0 Å². The van der Waals surface area contributed by atoms with Crippen molar-refractivity contribution >= 4 is 22.8 Å². The topological polar surface area (TPSA) is 71.8 Å². The molecule has 2 heterocycles. The molecule has 0 aliphatic rings. The molecule has 0 aliphatic heterocycles. The van der Waals surface area contributed by atoms with Gasteiger partial charge in [-0.3, -0.25) is 4.79 Å². The van der Waals surface area contributed by atoms with Gasteiger partial charge in [0.05, 0.1) is 22.9 Å². The molecule has 0 bridgehead atoms. The second-order valence-corrected chi connectivity index (χ2v) is 5.19. The molecule has 0 aliphatic carbocycles. The van der Waals surface area contributed by atoms with Gasteiger partial charge in [-0.15, -0.1) is 0 Å². The quantitative estimate of drug-likeness (QED) is 0.685. The largest absolute Gasteiger partial charge is 0.369 e. The fourth-order valence-electron chi connectivity index (χ4n) is 2.51. The number of anilines is 1. The average Bonchev–Trinajstić information content (AvgIpc) is 3.01. The molecule has 0 saturated heterocycles. The number of benzene rings is 1. The van der Waals surface area contributed by atoms with E-state index in [0.29, 0.717) is 11.4 Å². The normalized spacial score (nSPS) is 10.7. The van der Waals surface area contributed by atoms with Gasteiger partial charge in [0.2, 0.25) is 0 Å². The van der Waals surface area contributed by atoms with Crippen molar-refractivity contribution in [1.29, 1.82) is 0 Å². The zero-order valence-electron chi connectivity index (χ0n) is 13.0. The highest BCUT2D eigenvalue weighted by Crippen LogP contribution is 2.13. The summed E-state index contributed by atoms with van der Waals surface area (Å²) in [5.74, 6) is 0.476. The Hall–Kier alpha value is -2.89. The minimum Gasteiger partial charge on any atom is -0.369 e. The van der Waals surface area contributed by atoms with Crippen molar-refractivity contribution in [1.82, 2.24) is 19.9 Å².